The number of carboxylic acids is 1. The van der Waals surface area contributed by atoms with Gasteiger partial charge in [0.15, 0.2) is 11.7 Å². The lowest BCUT2D eigenvalue weighted by Gasteiger charge is -2.34. The van der Waals surface area contributed by atoms with Gasteiger partial charge in [0.05, 0.1) is 17.7 Å². The van der Waals surface area contributed by atoms with Crippen LogP contribution < -0.4 is 18.9 Å². The zero-order valence-corrected chi connectivity index (χ0v) is 27.3. The zero-order chi connectivity index (χ0) is 33.9. The van der Waals surface area contributed by atoms with Crippen molar-refractivity contribution in [3.63, 3.8) is 0 Å². The van der Waals surface area contributed by atoms with Crippen LogP contribution in [0.15, 0.2) is 71.6 Å². The molecule has 5 rings (SSSR count). The second-order valence-electron chi connectivity index (χ2n) is 11.2. The van der Waals surface area contributed by atoms with Crippen molar-refractivity contribution in [2.24, 2.45) is 5.73 Å². The largest absolute Gasteiger partial charge is 0.497 e. The Bertz CT molecular complexity index is 1880. The second kappa shape index (κ2) is 13.5. The Morgan fingerprint density at radius 1 is 0.915 bits per heavy atom. The molecule has 0 amide bonds. The van der Waals surface area contributed by atoms with E-state index in [1.807, 2.05) is 17.0 Å². The van der Waals surface area contributed by atoms with Gasteiger partial charge in [0.25, 0.3) is 20.0 Å². The molecule has 0 aromatic heterocycles. The third kappa shape index (κ3) is 7.44. The first-order valence-corrected chi connectivity index (χ1v) is 17.8. The van der Waals surface area contributed by atoms with E-state index in [1.165, 1.54) is 36.4 Å². The van der Waals surface area contributed by atoms with Crippen molar-refractivity contribution >= 4 is 43.5 Å². The van der Waals surface area contributed by atoms with Crippen molar-refractivity contribution in [3.8, 4) is 11.5 Å². The monoisotopic (exact) mass is 684 g/mol. The lowest BCUT2D eigenvalue weighted by molar-refractivity contribution is -0.134. The van der Waals surface area contributed by atoms with E-state index in [4.69, 9.17) is 26.0 Å². The van der Waals surface area contributed by atoms with Crippen LogP contribution in [0.2, 0.25) is 0 Å². The normalized spacial score (nSPS) is 15.4. The smallest absolute Gasteiger partial charge is 0.320 e. The van der Waals surface area contributed by atoms with E-state index in [2.05, 4.69) is 0 Å². The number of nitrogens with one attached hydrogen (secondary N) is 2. The van der Waals surface area contributed by atoms with E-state index in [0.717, 1.165) is 11.1 Å². The summed E-state index contributed by atoms with van der Waals surface area (Å²) in [5, 5.41) is 25.6. The molecule has 1 fully saturated rings. The first kappa shape index (κ1) is 33.5. The van der Waals surface area contributed by atoms with E-state index >= 15 is 0 Å². The van der Waals surface area contributed by atoms with E-state index in [1.54, 1.807) is 30.2 Å². The maximum atomic E-state index is 13.9. The number of sulfonamides is 2. The highest BCUT2D eigenvalue weighted by Crippen LogP contribution is 2.32. The van der Waals surface area contributed by atoms with Crippen molar-refractivity contribution in [2.75, 3.05) is 36.2 Å². The van der Waals surface area contributed by atoms with Crippen LogP contribution in [0, 0.1) is 10.8 Å². The Morgan fingerprint density at radius 2 is 1.55 bits per heavy atom. The molecule has 250 valence electrons. The van der Waals surface area contributed by atoms with Gasteiger partial charge in [-0.25, -0.2) is 16.8 Å². The van der Waals surface area contributed by atoms with Gasteiger partial charge in [-0.3, -0.25) is 15.6 Å². The molecule has 0 unspecified atom stereocenters. The summed E-state index contributed by atoms with van der Waals surface area (Å²) in [6, 6.07) is 16.9. The number of carbonyl (C=O) groups is 1. The van der Waals surface area contributed by atoms with Gasteiger partial charge in [-0.15, -0.1) is 0 Å². The van der Waals surface area contributed by atoms with E-state index in [0.29, 0.717) is 61.8 Å². The molecule has 0 aliphatic carbocycles. The third-order valence-electron chi connectivity index (χ3n) is 8.08. The molecule has 16 heteroatoms. The minimum atomic E-state index is -4.90. The summed E-state index contributed by atoms with van der Waals surface area (Å²) in [5.41, 5.74) is 7.56. The van der Waals surface area contributed by atoms with Gasteiger partial charge in [0, 0.05) is 44.6 Å². The number of hydrogen-bond acceptors (Lipinski definition) is 9. The Hall–Kier alpha value is -4.83. The van der Waals surface area contributed by atoms with Crippen molar-refractivity contribution in [1.29, 1.82) is 10.8 Å². The summed E-state index contributed by atoms with van der Waals surface area (Å²) in [7, 11) is -8.12. The highest BCUT2D eigenvalue weighted by molar-refractivity contribution is 8.10. The fourth-order valence-corrected chi connectivity index (χ4v) is 9.17. The number of methoxy groups -OCH3 is 1. The predicted molar refractivity (Wildman–Crippen MR) is 175 cm³/mol. The number of benzene rings is 3. The van der Waals surface area contributed by atoms with Crippen molar-refractivity contribution in [1.82, 2.24) is 9.80 Å². The maximum Gasteiger partial charge on any atom is 0.320 e. The number of guanidine groups is 1. The summed E-state index contributed by atoms with van der Waals surface area (Å²) in [4.78, 5) is 14.6. The first-order valence-electron chi connectivity index (χ1n) is 14.7. The lowest BCUT2D eigenvalue weighted by Crippen LogP contribution is -2.42. The van der Waals surface area contributed by atoms with E-state index < -0.39 is 31.8 Å². The fourth-order valence-electron chi connectivity index (χ4n) is 5.63. The summed E-state index contributed by atoms with van der Waals surface area (Å²) < 4.78 is 65.7. The number of ether oxygens (including phenoxy) is 2. The van der Waals surface area contributed by atoms with Crippen LogP contribution in [0.1, 0.15) is 29.5 Å². The number of rotatable bonds is 10. The van der Waals surface area contributed by atoms with Crippen LogP contribution in [0.5, 0.6) is 11.5 Å². The number of nitrogens with zero attached hydrogens (tertiary/aromatic N) is 3. The maximum absolute atomic E-state index is 13.9. The summed E-state index contributed by atoms with van der Waals surface area (Å²) in [6.45, 7) is 1.81. The Morgan fingerprint density at radius 3 is 2.15 bits per heavy atom. The molecular formula is C31H36N6O8S2. The van der Waals surface area contributed by atoms with Crippen LogP contribution in [0.3, 0.4) is 0 Å². The molecule has 0 radical (unpaired) electrons. The molecule has 5 N–H and O–H groups in total. The Labute approximate surface area is 273 Å². The summed E-state index contributed by atoms with van der Waals surface area (Å²) >= 11 is 0. The summed E-state index contributed by atoms with van der Waals surface area (Å²) in [5.74, 6) is -1.84. The number of piperidine rings is 1. The van der Waals surface area contributed by atoms with Crippen LogP contribution in [0.4, 0.5) is 5.69 Å². The molecule has 14 nitrogen and oxygen atoms in total. The standard InChI is InChI=1S/C31H36N6O8S2/c1-44-25-6-3-22(4-7-25)30(32)35-16-13-27(14-17-35)45-26-8-10-28(11-9-26)47(42,43)37(46(40,41)20-29(38)39)24-5-2-21-12-15-36(31(33)34)19-23(21)18-24/h2-11,18,27,32H,12-17,19-20H2,1H3,(H3,33,34)(H,38,39). The number of hydrogen-bond donors (Lipinski definition) is 4. The molecule has 3 aromatic carbocycles. The quantitative estimate of drug-likeness (QED) is 0.180. The van der Waals surface area contributed by atoms with E-state index in [-0.39, 0.29) is 32.9 Å². The lowest BCUT2D eigenvalue weighted by atomic mass is 9.99. The number of amidine groups is 1. The van der Waals surface area contributed by atoms with Crippen LogP contribution in [-0.2, 0) is 37.8 Å². The highest BCUT2D eigenvalue weighted by Gasteiger charge is 2.38. The van der Waals surface area contributed by atoms with Crippen molar-refractivity contribution in [2.45, 2.75) is 36.8 Å². The molecule has 0 bridgehead atoms. The average molecular weight is 685 g/mol. The van der Waals surface area contributed by atoms with Crippen molar-refractivity contribution in [3.05, 3.63) is 83.4 Å². The molecule has 2 heterocycles. The minimum Gasteiger partial charge on any atom is -0.497 e. The minimum absolute atomic E-state index is 0.157. The molecule has 1 saturated heterocycles. The number of nitrogens with two attached hydrogens (primary N) is 1. The molecule has 2 aliphatic rings. The average Bonchev–Trinajstić information content (AvgIpc) is 3.04. The van der Waals surface area contributed by atoms with Gasteiger partial charge in [0.1, 0.15) is 23.4 Å². The van der Waals surface area contributed by atoms with Gasteiger partial charge in [-0.1, -0.05) is 6.07 Å². The van der Waals surface area contributed by atoms with Gasteiger partial charge in [-0.05, 0) is 78.2 Å². The molecule has 0 saturated carbocycles. The van der Waals surface area contributed by atoms with Crippen molar-refractivity contribution < 1.29 is 36.2 Å². The van der Waals surface area contributed by atoms with Gasteiger partial charge >= 0.3 is 5.97 Å². The zero-order valence-electron chi connectivity index (χ0n) is 25.6. The fraction of sp³-hybridized carbons (Fsp3) is 0.323. The molecule has 0 spiro atoms. The van der Waals surface area contributed by atoms with Gasteiger partial charge in [0.2, 0.25) is 0 Å². The number of likely N-dealkylation sites (tertiary alicyclic amines) is 1. The predicted octanol–water partition coefficient (Wildman–Crippen LogP) is 2.43. The van der Waals surface area contributed by atoms with Gasteiger partial charge < -0.3 is 30.1 Å². The van der Waals surface area contributed by atoms with Crippen LogP contribution in [0.25, 0.3) is 0 Å². The molecular weight excluding hydrogens is 649 g/mol. The number of anilines is 1. The molecule has 2 aliphatic heterocycles. The third-order valence-corrected chi connectivity index (χ3v) is 12.2. The first-order chi connectivity index (χ1) is 22.3. The second-order valence-corrected chi connectivity index (χ2v) is 15.1. The Balaban J connectivity index is 1.32. The van der Waals surface area contributed by atoms with Crippen LogP contribution in [-0.4, -0.2) is 88.1 Å². The number of fused-ring (bicyclic) bond motifs is 1. The molecule has 47 heavy (non-hydrogen) atoms. The number of carboxylic acid groups (broad SMARTS) is 1. The van der Waals surface area contributed by atoms with Crippen LogP contribution >= 0.6 is 0 Å². The van der Waals surface area contributed by atoms with E-state index in [9.17, 15) is 26.7 Å². The molecule has 0 atom stereocenters. The number of aliphatic carboxylic acids is 1. The van der Waals surface area contributed by atoms with Gasteiger partial charge in [-0.2, -0.15) is 3.71 Å². The highest BCUT2D eigenvalue weighted by atomic mass is 32.3. The topological polar surface area (TPSA) is 207 Å². The molecule has 3 aromatic rings. The SMILES string of the molecule is COc1ccc(C(=N)N2CCC(Oc3ccc(S(=O)(=O)N(c4ccc5c(c4)CN(C(=N)N)CC5)S(=O)(=O)CC(=O)O)cc3)CC2)cc1. The summed E-state index contributed by atoms with van der Waals surface area (Å²) in [6.07, 6.45) is 1.57. The Kier molecular flexibility index (Phi) is 9.63.